The van der Waals surface area contributed by atoms with Crippen LogP contribution in [0.3, 0.4) is 0 Å². The second-order valence-corrected chi connectivity index (χ2v) is 11.7. The molecule has 1 N–H and O–H groups in total. The first-order valence-electron chi connectivity index (χ1n) is 10.1. The van der Waals surface area contributed by atoms with Crippen molar-refractivity contribution in [2.24, 2.45) is 0 Å². The summed E-state index contributed by atoms with van der Waals surface area (Å²) in [6.45, 7) is 1.53. The molecule has 0 spiro atoms. The van der Waals surface area contributed by atoms with E-state index in [1.165, 1.54) is 37.4 Å². The molecule has 2 atom stereocenters. The molecule has 1 heterocycles. The maximum Gasteiger partial charge on any atom is 0.208 e. The number of nitrogens with zero attached hydrogens (tertiary/aromatic N) is 2. The molecular weight excluding hydrogens is 465 g/mol. The number of halogens is 1. The molecule has 4 rings (SSSR count). The van der Waals surface area contributed by atoms with Crippen molar-refractivity contribution in [1.82, 2.24) is 14.5 Å². The molecular formula is C23H22FN3O4S2. The van der Waals surface area contributed by atoms with Gasteiger partial charge in [0.15, 0.2) is 9.84 Å². The molecule has 172 valence electrons. The van der Waals surface area contributed by atoms with E-state index < -0.39 is 31.2 Å². The second-order valence-electron chi connectivity index (χ2n) is 7.81. The number of rotatable bonds is 7. The molecule has 10 heteroatoms. The highest BCUT2D eigenvalue weighted by Crippen LogP contribution is 2.34. The van der Waals surface area contributed by atoms with E-state index in [0.29, 0.717) is 22.2 Å². The van der Waals surface area contributed by atoms with Crippen molar-refractivity contribution in [2.45, 2.75) is 23.1 Å². The standard InChI is InChI=1S/C23H22FN3O4S2/c1-16(26-32(2,28)29)23(17-6-4-3-5-7-17)33(30,31)21-12-13-22-18(14-21)15-25-27(22)20-10-8-19(24)9-11-20/h3-16,23,26H,1-2H3/t16-,23-/m0/s1. The van der Waals surface area contributed by atoms with Gasteiger partial charge in [-0.3, -0.25) is 0 Å². The Labute approximate surface area is 191 Å². The number of sulfonamides is 1. The first kappa shape index (κ1) is 23.1. The van der Waals surface area contributed by atoms with Crippen molar-refractivity contribution in [3.05, 3.63) is 90.4 Å². The van der Waals surface area contributed by atoms with Gasteiger partial charge in [-0.2, -0.15) is 5.10 Å². The molecule has 1 aromatic heterocycles. The van der Waals surface area contributed by atoms with Gasteiger partial charge in [0.2, 0.25) is 10.0 Å². The summed E-state index contributed by atoms with van der Waals surface area (Å²) in [6.07, 6.45) is 2.53. The molecule has 0 unspecified atom stereocenters. The van der Waals surface area contributed by atoms with E-state index in [9.17, 15) is 21.2 Å². The van der Waals surface area contributed by atoms with Gasteiger partial charge < -0.3 is 0 Å². The van der Waals surface area contributed by atoms with Crippen LogP contribution in [0.1, 0.15) is 17.7 Å². The van der Waals surface area contributed by atoms with Gasteiger partial charge in [-0.25, -0.2) is 30.6 Å². The van der Waals surface area contributed by atoms with Crippen LogP contribution in [0, 0.1) is 5.82 Å². The predicted molar refractivity (Wildman–Crippen MR) is 125 cm³/mol. The summed E-state index contributed by atoms with van der Waals surface area (Å²) < 4.78 is 68.4. The number of fused-ring (bicyclic) bond motifs is 1. The van der Waals surface area contributed by atoms with Crippen molar-refractivity contribution >= 4 is 30.8 Å². The van der Waals surface area contributed by atoms with Crippen molar-refractivity contribution in [2.75, 3.05) is 6.26 Å². The summed E-state index contributed by atoms with van der Waals surface area (Å²) in [5, 5.41) is 3.75. The summed E-state index contributed by atoms with van der Waals surface area (Å²) in [4.78, 5) is 0.0460. The summed E-state index contributed by atoms with van der Waals surface area (Å²) in [6, 6.07) is 18.0. The molecule has 4 aromatic rings. The van der Waals surface area contributed by atoms with Crippen LogP contribution in [-0.4, -0.2) is 38.9 Å². The zero-order valence-corrected chi connectivity index (χ0v) is 19.5. The zero-order valence-electron chi connectivity index (χ0n) is 17.9. The van der Waals surface area contributed by atoms with Crippen LogP contribution in [0.5, 0.6) is 0 Å². The lowest BCUT2D eigenvalue weighted by Crippen LogP contribution is -2.39. The van der Waals surface area contributed by atoms with Crippen molar-refractivity contribution in [3.63, 3.8) is 0 Å². The van der Waals surface area contributed by atoms with Crippen LogP contribution in [0.15, 0.2) is 83.9 Å². The molecule has 0 amide bonds. The fourth-order valence-corrected chi connectivity index (χ4v) is 6.76. The largest absolute Gasteiger partial charge is 0.233 e. The van der Waals surface area contributed by atoms with Crippen LogP contribution < -0.4 is 4.72 Å². The first-order valence-corrected chi connectivity index (χ1v) is 13.5. The molecule has 0 aliphatic carbocycles. The molecule has 7 nitrogen and oxygen atoms in total. The average Bonchev–Trinajstić information content (AvgIpc) is 3.17. The number of hydrogen-bond donors (Lipinski definition) is 1. The Morgan fingerprint density at radius 3 is 2.24 bits per heavy atom. The lowest BCUT2D eigenvalue weighted by atomic mass is 10.1. The van der Waals surface area contributed by atoms with E-state index in [1.807, 2.05) is 0 Å². The second kappa shape index (κ2) is 8.69. The van der Waals surface area contributed by atoms with E-state index in [0.717, 1.165) is 6.26 Å². The Balaban J connectivity index is 1.79. The third kappa shape index (κ3) is 4.82. The van der Waals surface area contributed by atoms with E-state index in [2.05, 4.69) is 9.82 Å². The Morgan fingerprint density at radius 2 is 1.61 bits per heavy atom. The third-order valence-electron chi connectivity index (χ3n) is 5.26. The van der Waals surface area contributed by atoms with Crippen molar-refractivity contribution in [1.29, 1.82) is 0 Å². The smallest absolute Gasteiger partial charge is 0.208 e. The molecule has 0 saturated heterocycles. The Hall–Kier alpha value is -3.08. The van der Waals surface area contributed by atoms with Gasteiger partial charge in [0.05, 0.1) is 28.6 Å². The van der Waals surface area contributed by atoms with Crippen LogP contribution in [0.4, 0.5) is 4.39 Å². The number of sulfone groups is 1. The minimum Gasteiger partial charge on any atom is -0.233 e. The maximum atomic E-state index is 13.7. The van der Waals surface area contributed by atoms with Crippen molar-refractivity contribution < 1.29 is 21.2 Å². The molecule has 0 saturated carbocycles. The van der Waals surface area contributed by atoms with Crippen LogP contribution in [-0.2, 0) is 19.9 Å². The Morgan fingerprint density at radius 1 is 0.939 bits per heavy atom. The molecule has 0 bridgehead atoms. The summed E-state index contributed by atoms with van der Waals surface area (Å²) >= 11 is 0. The van der Waals surface area contributed by atoms with Gasteiger partial charge in [0, 0.05) is 11.4 Å². The SMILES string of the molecule is C[C@H](NS(C)(=O)=O)[C@@H](c1ccccc1)S(=O)(=O)c1ccc2c(cnn2-c2ccc(F)cc2)c1. The molecule has 3 aromatic carbocycles. The van der Waals surface area contributed by atoms with Gasteiger partial charge in [-0.1, -0.05) is 30.3 Å². The van der Waals surface area contributed by atoms with Gasteiger partial charge in [-0.15, -0.1) is 0 Å². The summed E-state index contributed by atoms with van der Waals surface area (Å²) in [5.41, 5.74) is 1.76. The molecule has 33 heavy (non-hydrogen) atoms. The van der Waals surface area contributed by atoms with Crippen LogP contribution in [0.25, 0.3) is 16.6 Å². The van der Waals surface area contributed by atoms with Crippen LogP contribution >= 0.6 is 0 Å². The predicted octanol–water partition coefficient (Wildman–Crippen LogP) is 3.62. The monoisotopic (exact) mass is 487 g/mol. The first-order chi connectivity index (χ1) is 15.6. The van der Waals surface area contributed by atoms with Crippen LogP contribution in [0.2, 0.25) is 0 Å². The quantitative estimate of drug-likeness (QED) is 0.429. The van der Waals surface area contributed by atoms with E-state index >= 15 is 0 Å². The fraction of sp³-hybridized carbons (Fsp3) is 0.174. The van der Waals surface area contributed by atoms with E-state index in [-0.39, 0.29) is 10.7 Å². The number of benzene rings is 3. The molecule has 0 radical (unpaired) electrons. The average molecular weight is 488 g/mol. The van der Waals surface area contributed by atoms with Gasteiger partial charge >= 0.3 is 0 Å². The minimum atomic E-state index is -3.99. The van der Waals surface area contributed by atoms with E-state index in [4.69, 9.17) is 0 Å². The molecule has 0 aliphatic rings. The highest BCUT2D eigenvalue weighted by molar-refractivity contribution is 7.92. The normalized spacial score (nSPS) is 14.3. The molecule has 0 aliphatic heterocycles. The number of aromatic nitrogens is 2. The highest BCUT2D eigenvalue weighted by atomic mass is 32.2. The fourth-order valence-electron chi connectivity index (χ4n) is 3.90. The zero-order chi connectivity index (χ0) is 23.8. The van der Waals surface area contributed by atoms with E-state index in [1.54, 1.807) is 53.2 Å². The number of nitrogens with one attached hydrogen (secondary N) is 1. The van der Waals surface area contributed by atoms with Gasteiger partial charge in [-0.05, 0) is 55.0 Å². The Bertz CT molecular complexity index is 1500. The Kier molecular flexibility index (Phi) is 6.08. The lowest BCUT2D eigenvalue weighted by molar-refractivity contribution is 0.537. The van der Waals surface area contributed by atoms with Crippen molar-refractivity contribution in [3.8, 4) is 5.69 Å². The van der Waals surface area contributed by atoms with Gasteiger partial charge in [0.1, 0.15) is 11.1 Å². The summed E-state index contributed by atoms with van der Waals surface area (Å²) in [5.74, 6) is -0.368. The van der Waals surface area contributed by atoms with Gasteiger partial charge in [0.25, 0.3) is 0 Å². The topological polar surface area (TPSA) is 98.1 Å². The summed E-state index contributed by atoms with van der Waals surface area (Å²) in [7, 11) is -7.63. The molecule has 0 fully saturated rings. The number of hydrogen-bond acceptors (Lipinski definition) is 5. The lowest BCUT2D eigenvalue weighted by Gasteiger charge is -2.25. The third-order valence-corrected chi connectivity index (χ3v) is 8.32. The minimum absolute atomic E-state index is 0.0460. The maximum absolute atomic E-state index is 13.7. The highest BCUT2D eigenvalue weighted by Gasteiger charge is 2.35.